The highest BCUT2D eigenvalue weighted by Gasteiger charge is 2.17. The van der Waals surface area contributed by atoms with Crippen LogP contribution in [0.2, 0.25) is 0 Å². The van der Waals surface area contributed by atoms with Crippen molar-refractivity contribution in [2.24, 2.45) is 5.92 Å². The fourth-order valence-electron chi connectivity index (χ4n) is 2.33. The van der Waals surface area contributed by atoms with Gasteiger partial charge in [0, 0.05) is 5.92 Å². The maximum atomic E-state index is 10.1. The Morgan fingerprint density at radius 2 is 2.06 bits per heavy atom. The highest BCUT2D eigenvalue weighted by atomic mass is 16.3. The third-order valence-electron chi connectivity index (χ3n) is 3.36. The smallest absolute Gasteiger partial charge is 0.0605 e. The van der Waals surface area contributed by atoms with E-state index in [-0.39, 0.29) is 6.10 Å². The molecule has 0 bridgehead atoms. The summed E-state index contributed by atoms with van der Waals surface area (Å²) >= 11 is 0. The van der Waals surface area contributed by atoms with Crippen molar-refractivity contribution in [2.45, 2.75) is 38.2 Å². The molecule has 0 amide bonds. The van der Waals surface area contributed by atoms with Gasteiger partial charge in [-0.3, -0.25) is 0 Å². The van der Waals surface area contributed by atoms with Crippen LogP contribution >= 0.6 is 0 Å². The second-order valence-electron chi connectivity index (χ2n) is 4.61. The predicted octanol–water partition coefficient (Wildman–Crippen LogP) is 3.34. The fourth-order valence-corrected chi connectivity index (χ4v) is 2.33. The number of hydrogen-bond donors (Lipinski definition) is 1. The molecule has 0 radical (unpaired) electrons. The number of allylic oxidation sites excluding steroid dienone is 1. The molecule has 2 rings (SSSR count). The SMILES string of the molecule is O[C@H](CCc1ccccc1)[C@@H]1C=CCCC1. The summed E-state index contributed by atoms with van der Waals surface area (Å²) in [6.07, 6.45) is 9.64. The van der Waals surface area contributed by atoms with Crippen molar-refractivity contribution in [3.8, 4) is 0 Å². The van der Waals surface area contributed by atoms with Gasteiger partial charge in [-0.05, 0) is 37.7 Å². The van der Waals surface area contributed by atoms with Gasteiger partial charge in [0.05, 0.1) is 6.10 Å². The first-order chi connectivity index (χ1) is 7.86. The van der Waals surface area contributed by atoms with Gasteiger partial charge in [-0.15, -0.1) is 0 Å². The van der Waals surface area contributed by atoms with Crippen LogP contribution in [0.4, 0.5) is 0 Å². The number of aliphatic hydroxyl groups excluding tert-OH is 1. The predicted molar refractivity (Wildman–Crippen MR) is 67.3 cm³/mol. The van der Waals surface area contributed by atoms with Crippen molar-refractivity contribution in [3.05, 3.63) is 48.0 Å². The Bertz CT molecular complexity index is 329. The van der Waals surface area contributed by atoms with E-state index in [4.69, 9.17) is 0 Å². The minimum Gasteiger partial charge on any atom is -0.393 e. The van der Waals surface area contributed by atoms with Crippen molar-refractivity contribution in [1.82, 2.24) is 0 Å². The van der Waals surface area contributed by atoms with Crippen LogP contribution < -0.4 is 0 Å². The Labute approximate surface area is 97.8 Å². The van der Waals surface area contributed by atoms with Gasteiger partial charge in [0.1, 0.15) is 0 Å². The average molecular weight is 216 g/mol. The van der Waals surface area contributed by atoms with Gasteiger partial charge in [-0.1, -0.05) is 42.5 Å². The number of aryl methyl sites for hydroxylation is 1. The molecule has 1 aliphatic carbocycles. The zero-order valence-electron chi connectivity index (χ0n) is 9.68. The van der Waals surface area contributed by atoms with E-state index in [2.05, 4.69) is 36.4 Å². The van der Waals surface area contributed by atoms with Gasteiger partial charge in [0.2, 0.25) is 0 Å². The molecule has 1 nitrogen and oxygen atoms in total. The summed E-state index contributed by atoms with van der Waals surface area (Å²) in [5.74, 6) is 0.387. The standard InChI is InChI=1S/C15H20O/c16-15(14-9-5-2-6-10-14)12-11-13-7-3-1-4-8-13/h1,3-5,7-9,14-16H,2,6,10-12H2/t14-,15-/m1/s1. The molecule has 86 valence electrons. The number of benzene rings is 1. The second kappa shape index (κ2) is 5.86. The molecule has 1 N–H and O–H groups in total. The molecular formula is C15H20O. The largest absolute Gasteiger partial charge is 0.393 e. The molecule has 2 atom stereocenters. The maximum absolute atomic E-state index is 10.1. The Morgan fingerprint density at radius 1 is 1.25 bits per heavy atom. The first-order valence-electron chi connectivity index (χ1n) is 6.25. The van der Waals surface area contributed by atoms with Crippen LogP contribution in [0.15, 0.2) is 42.5 Å². The third kappa shape index (κ3) is 3.21. The summed E-state index contributed by atoms with van der Waals surface area (Å²) in [6, 6.07) is 10.4. The lowest BCUT2D eigenvalue weighted by molar-refractivity contribution is 0.113. The summed E-state index contributed by atoms with van der Waals surface area (Å²) in [4.78, 5) is 0. The van der Waals surface area contributed by atoms with Crippen LogP contribution in [0.1, 0.15) is 31.2 Å². The van der Waals surface area contributed by atoms with E-state index in [1.54, 1.807) is 0 Å². The van der Waals surface area contributed by atoms with Gasteiger partial charge in [-0.2, -0.15) is 0 Å². The molecule has 0 spiro atoms. The molecule has 1 aromatic rings. The van der Waals surface area contributed by atoms with E-state index in [0.29, 0.717) is 5.92 Å². The van der Waals surface area contributed by atoms with Crippen molar-refractivity contribution in [2.75, 3.05) is 0 Å². The molecule has 1 aromatic carbocycles. The topological polar surface area (TPSA) is 20.2 Å². The lowest BCUT2D eigenvalue weighted by Crippen LogP contribution is -2.20. The monoisotopic (exact) mass is 216 g/mol. The first kappa shape index (κ1) is 11.4. The van der Waals surface area contributed by atoms with Crippen LogP contribution in [-0.2, 0) is 6.42 Å². The van der Waals surface area contributed by atoms with Crippen LogP contribution in [0, 0.1) is 5.92 Å². The molecule has 1 aliphatic rings. The molecule has 0 aromatic heterocycles. The van der Waals surface area contributed by atoms with Crippen molar-refractivity contribution in [1.29, 1.82) is 0 Å². The number of rotatable bonds is 4. The Hall–Kier alpha value is -1.08. The van der Waals surface area contributed by atoms with Crippen molar-refractivity contribution >= 4 is 0 Å². The Kier molecular flexibility index (Phi) is 4.17. The normalized spacial score (nSPS) is 21.9. The minimum absolute atomic E-state index is 0.170. The Balaban J connectivity index is 1.81. The lowest BCUT2D eigenvalue weighted by Gasteiger charge is -2.22. The Morgan fingerprint density at radius 3 is 2.75 bits per heavy atom. The number of hydrogen-bond acceptors (Lipinski definition) is 1. The molecule has 0 unspecified atom stereocenters. The van der Waals surface area contributed by atoms with Gasteiger partial charge in [-0.25, -0.2) is 0 Å². The van der Waals surface area contributed by atoms with E-state index in [1.165, 1.54) is 18.4 Å². The summed E-state index contributed by atoms with van der Waals surface area (Å²) < 4.78 is 0. The minimum atomic E-state index is -0.170. The molecule has 1 heteroatoms. The molecule has 0 fully saturated rings. The molecule has 0 saturated carbocycles. The van der Waals surface area contributed by atoms with Crippen molar-refractivity contribution in [3.63, 3.8) is 0 Å². The highest BCUT2D eigenvalue weighted by Crippen LogP contribution is 2.23. The molecule has 0 heterocycles. The van der Waals surface area contributed by atoms with Gasteiger partial charge < -0.3 is 5.11 Å². The molecular weight excluding hydrogens is 196 g/mol. The molecule has 0 aliphatic heterocycles. The highest BCUT2D eigenvalue weighted by molar-refractivity contribution is 5.14. The van der Waals surface area contributed by atoms with E-state index in [9.17, 15) is 5.11 Å². The van der Waals surface area contributed by atoms with E-state index in [1.807, 2.05) is 6.07 Å². The van der Waals surface area contributed by atoms with Crippen LogP contribution in [0.5, 0.6) is 0 Å². The zero-order chi connectivity index (χ0) is 11.2. The van der Waals surface area contributed by atoms with E-state index < -0.39 is 0 Å². The van der Waals surface area contributed by atoms with Crippen molar-refractivity contribution < 1.29 is 5.11 Å². The lowest BCUT2D eigenvalue weighted by atomic mass is 9.88. The van der Waals surface area contributed by atoms with E-state index >= 15 is 0 Å². The summed E-state index contributed by atoms with van der Waals surface area (Å²) in [6.45, 7) is 0. The summed E-state index contributed by atoms with van der Waals surface area (Å²) in [5, 5.41) is 10.1. The first-order valence-corrected chi connectivity index (χ1v) is 6.25. The van der Waals surface area contributed by atoms with Crippen LogP contribution in [0.25, 0.3) is 0 Å². The zero-order valence-corrected chi connectivity index (χ0v) is 9.68. The third-order valence-corrected chi connectivity index (χ3v) is 3.36. The van der Waals surface area contributed by atoms with E-state index in [0.717, 1.165) is 19.3 Å². The quantitative estimate of drug-likeness (QED) is 0.765. The van der Waals surface area contributed by atoms with Gasteiger partial charge in [0.25, 0.3) is 0 Å². The average Bonchev–Trinajstić information content (AvgIpc) is 2.38. The molecule has 0 saturated heterocycles. The fraction of sp³-hybridized carbons (Fsp3) is 0.467. The maximum Gasteiger partial charge on any atom is 0.0605 e. The van der Waals surface area contributed by atoms with Gasteiger partial charge >= 0.3 is 0 Å². The molecule has 16 heavy (non-hydrogen) atoms. The van der Waals surface area contributed by atoms with Crippen LogP contribution in [0.3, 0.4) is 0 Å². The second-order valence-corrected chi connectivity index (χ2v) is 4.61. The summed E-state index contributed by atoms with van der Waals surface area (Å²) in [7, 11) is 0. The van der Waals surface area contributed by atoms with Crippen LogP contribution in [-0.4, -0.2) is 11.2 Å². The number of aliphatic hydroxyl groups is 1. The summed E-state index contributed by atoms with van der Waals surface area (Å²) in [5.41, 5.74) is 1.32. The van der Waals surface area contributed by atoms with Gasteiger partial charge in [0.15, 0.2) is 0 Å².